The second-order valence-electron chi connectivity index (χ2n) is 15.6. The van der Waals surface area contributed by atoms with Crippen LogP contribution in [0.25, 0.3) is 97.4 Å². The lowest BCUT2D eigenvalue weighted by molar-refractivity contribution is 0.672. The fourth-order valence-electron chi connectivity index (χ4n) is 9.19. The molecule has 0 aliphatic heterocycles. The minimum Gasteiger partial charge on any atom is -0.455 e. The quantitative estimate of drug-likeness (QED) is 0.160. The van der Waals surface area contributed by atoms with Gasteiger partial charge in [-0.25, -0.2) is 0 Å². The number of hydrogen-bond donors (Lipinski definition) is 0. The van der Waals surface area contributed by atoms with Crippen LogP contribution in [0.3, 0.4) is 0 Å². The van der Waals surface area contributed by atoms with E-state index in [1.807, 2.05) is 11.3 Å². The van der Waals surface area contributed by atoms with Gasteiger partial charge in [0.1, 0.15) is 11.2 Å². The van der Waals surface area contributed by atoms with Crippen molar-refractivity contribution >= 4 is 81.3 Å². The Morgan fingerprint density at radius 1 is 0.361 bits per heavy atom. The lowest BCUT2D eigenvalue weighted by Crippen LogP contribution is -2.10. The zero-order chi connectivity index (χ0) is 40.3. The van der Waals surface area contributed by atoms with Crippen molar-refractivity contribution in [3.8, 4) is 44.5 Å². The van der Waals surface area contributed by atoms with Crippen molar-refractivity contribution in [3.05, 3.63) is 224 Å². The number of rotatable bonds is 7. The highest BCUT2D eigenvalue weighted by atomic mass is 32.1. The Bertz CT molecular complexity index is 3580. The molecule has 2 nitrogen and oxygen atoms in total. The van der Waals surface area contributed by atoms with Gasteiger partial charge in [-0.1, -0.05) is 170 Å². The molecule has 12 rings (SSSR count). The van der Waals surface area contributed by atoms with Crippen LogP contribution in [-0.2, 0) is 0 Å². The molecule has 0 unspecified atom stereocenters. The summed E-state index contributed by atoms with van der Waals surface area (Å²) in [5.41, 5.74) is 14.6. The van der Waals surface area contributed by atoms with Gasteiger partial charge in [0.25, 0.3) is 0 Å². The van der Waals surface area contributed by atoms with E-state index in [1.54, 1.807) is 0 Å². The number of furan rings is 1. The first-order chi connectivity index (χ1) is 30.2. The molecule has 0 spiro atoms. The van der Waals surface area contributed by atoms with E-state index in [2.05, 4.69) is 229 Å². The largest absolute Gasteiger partial charge is 0.455 e. The molecule has 0 N–H and O–H groups in total. The third kappa shape index (κ3) is 6.01. The molecule has 0 aliphatic rings. The van der Waals surface area contributed by atoms with E-state index in [0.717, 1.165) is 50.0 Å². The molecule has 0 aliphatic carbocycles. The summed E-state index contributed by atoms with van der Waals surface area (Å²) in [7, 11) is 0. The first kappa shape index (κ1) is 35.2. The Labute approximate surface area is 357 Å². The first-order valence-corrected chi connectivity index (χ1v) is 21.6. The van der Waals surface area contributed by atoms with Gasteiger partial charge in [-0.3, -0.25) is 0 Å². The lowest BCUT2D eigenvalue weighted by atomic mass is 9.91. The number of benzene rings is 10. The monoisotopic (exact) mass is 795 g/mol. The average Bonchev–Trinajstić information content (AvgIpc) is 3.92. The summed E-state index contributed by atoms with van der Waals surface area (Å²) in [4.78, 5) is 2.40. The van der Waals surface area contributed by atoms with Gasteiger partial charge in [0, 0.05) is 42.3 Å². The van der Waals surface area contributed by atoms with Gasteiger partial charge in [0.2, 0.25) is 0 Å². The molecule has 286 valence electrons. The van der Waals surface area contributed by atoms with E-state index >= 15 is 0 Å². The zero-order valence-electron chi connectivity index (χ0n) is 33.1. The maximum absolute atomic E-state index is 6.74. The molecule has 3 heteroatoms. The SMILES string of the molecule is c1ccc(-c2ccc(-c3ccc(N(c4cccc(-c5cccc6c5sc5ccccc56)c4)c4cccc5oc6c7ccccc7ccc6c45)cc3)cc2-c2ccccc2)cc1. The van der Waals surface area contributed by atoms with Crippen molar-refractivity contribution in [1.29, 1.82) is 0 Å². The highest BCUT2D eigenvalue weighted by molar-refractivity contribution is 7.26. The normalized spacial score (nSPS) is 11.6. The van der Waals surface area contributed by atoms with Crippen LogP contribution >= 0.6 is 11.3 Å². The minimum absolute atomic E-state index is 0.864. The van der Waals surface area contributed by atoms with Crippen molar-refractivity contribution < 1.29 is 4.42 Å². The van der Waals surface area contributed by atoms with Gasteiger partial charge in [-0.2, -0.15) is 0 Å². The molecule has 2 aromatic heterocycles. The number of fused-ring (bicyclic) bond motifs is 8. The molecule has 0 atom stereocenters. The standard InChI is InChI=1S/C58H37NOS/c1-3-14-39(15-4-1)46-34-31-42(37-52(46)40-16-5-2-6-17-40)38-28-32-44(33-29-38)59(53-25-13-26-54-56(53)51-35-30-41-18-7-8-21-47(41)57(51)60-54)45-20-11-19-43(36-45)48-23-12-24-50-49-22-9-10-27-55(49)61-58(48)50/h1-37H. The van der Waals surface area contributed by atoms with E-state index in [4.69, 9.17) is 4.42 Å². The molecule has 61 heavy (non-hydrogen) atoms. The topological polar surface area (TPSA) is 16.4 Å². The van der Waals surface area contributed by atoms with Gasteiger partial charge >= 0.3 is 0 Å². The van der Waals surface area contributed by atoms with Crippen molar-refractivity contribution in [2.75, 3.05) is 4.90 Å². The van der Waals surface area contributed by atoms with E-state index in [1.165, 1.54) is 64.5 Å². The van der Waals surface area contributed by atoms with Crippen molar-refractivity contribution in [2.24, 2.45) is 0 Å². The predicted octanol–water partition coefficient (Wildman–Crippen LogP) is 17.2. The summed E-state index contributed by atoms with van der Waals surface area (Å²) in [5, 5.41) is 7.07. The fourth-order valence-corrected chi connectivity index (χ4v) is 10.4. The molecule has 0 amide bonds. The number of thiophene rings is 1. The Kier molecular flexibility index (Phi) is 8.39. The molecule has 0 saturated carbocycles. The molecule has 10 aromatic carbocycles. The second-order valence-corrected chi connectivity index (χ2v) is 16.7. The molecule has 0 radical (unpaired) electrons. The van der Waals surface area contributed by atoms with Gasteiger partial charge in [-0.15, -0.1) is 11.3 Å². The highest BCUT2D eigenvalue weighted by Gasteiger charge is 2.22. The van der Waals surface area contributed by atoms with Crippen LogP contribution in [0.2, 0.25) is 0 Å². The van der Waals surface area contributed by atoms with Crippen LogP contribution in [-0.4, -0.2) is 0 Å². The van der Waals surface area contributed by atoms with E-state index < -0.39 is 0 Å². The second kappa shape index (κ2) is 14.5. The molecule has 12 aromatic rings. The summed E-state index contributed by atoms with van der Waals surface area (Å²) in [6.07, 6.45) is 0. The van der Waals surface area contributed by atoms with E-state index in [9.17, 15) is 0 Å². The Hall–Kier alpha value is -7.72. The Morgan fingerprint density at radius 3 is 1.87 bits per heavy atom. The first-order valence-electron chi connectivity index (χ1n) is 20.7. The lowest BCUT2D eigenvalue weighted by Gasteiger charge is -2.27. The van der Waals surface area contributed by atoms with Gasteiger partial charge < -0.3 is 9.32 Å². The fraction of sp³-hybridized carbons (Fsp3) is 0. The molecule has 0 saturated heterocycles. The van der Waals surface area contributed by atoms with Gasteiger partial charge in [-0.05, 0) is 104 Å². The number of nitrogens with zero attached hydrogens (tertiary/aromatic N) is 1. The van der Waals surface area contributed by atoms with Crippen LogP contribution in [0.5, 0.6) is 0 Å². The summed E-state index contributed by atoms with van der Waals surface area (Å²) in [6, 6.07) is 81.1. The molecular formula is C58H37NOS. The Balaban J connectivity index is 1.03. The van der Waals surface area contributed by atoms with Gasteiger partial charge in [0.05, 0.1) is 11.1 Å². The predicted molar refractivity (Wildman–Crippen MR) is 261 cm³/mol. The maximum Gasteiger partial charge on any atom is 0.143 e. The van der Waals surface area contributed by atoms with E-state index in [0.29, 0.717) is 0 Å². The summed E-state index contributed by atoms with van der Waals surface area (Å²) >= 11 is 1.87. The van der Waals surface area contributed by atoms with Crippen LogP contribution in [0.4, 0.5) is 17.1 Å². The highest BCUT2D eigenvalue weighted by Crippen LogP contribution is 2.47. The number of hydrogen-bond acceptors (Lipinski definition) is 3. The molecule has 0 fully saturated rings. The summed E-state index contributed by atoms with van der Waals surface area (Å²) in [6.45, 7) is 0. The van der Waals surface area contributed by atoms with E-state index in [-0.39, 0.29) is 0 Å². The summed E-state index contributed by atoms with van der Waals surface area (Å²) < 4.78 is 9.35. The van der Waals surface area contributed by atoms with Crippen LogP contribution in [0.15, 0.2) is 229 Å². The van der Waals surface area contributed by atoms with Crippen molar-refractivity contribution in [3.63, 3.8) is 0 Å². The zero-order valence-corrected chi connectivity index (χ0v) is 33.9. The maximum atomic E-state index is 6.74. The molecule has 2 heterocycles. The smallest absolute Gasteiger partial charge is 0.143 e. The summed E-state index contributed by atoms with van der Waals surface area (Å²) in [5.74, 6) is 0. The van der Waals surface area contributed by atoms with Crippen molar-refractivity contribution in [1.82, 2.24) is 0 Å². The van der Waals surface area contributed by atoms with Crippen LogP contribution < -0.4 is 4.90 Å². The number of anilines is 3. The minimum atomic E-state index is 0.864. The van der Waals surface area contributed by atoms with Crippen molar-refractivity contribution in [2.45, 2.75) is 0 Å². The van der Waals surface area contributed by atoms with Gasteiger partial charge in [0.15, 0.2) is 0 Å². The van der Waals surface area contributed by atoms with Crippen LogP contribution in [0.1, 0.15) is 0 Å². The molecule has 0 bridgehead atoms. The van der Waals surface area contributed by atoms with Crippen LogP contribution in [0, 0.1) is 0 Å². The third-order valence-electron chi connectivity index (χ3n) is 12.1. The Morgan fingerprint density at radius 2 is 1.03 bits per heavy atom. The average molecular weight is 796 g/mol. The third-order valence-corrected chi connectivity index (χ3v) is 13.3. The molecular weight excluding hydrogens is 759 g/mol.